The maximum absolute atomic E-state index is 12.0. The summed E-state index contributed by atoms with van der Waals surface area (Å²) < 4.78 is 10.2. The Morgan fingerprint density at radius 1 is 1.07 bits per heavy atom. The van der Waals surface area contributed by atoms with Crippen LogP contribution in [0.1, 0.15) is 13.8 Å². The second-order valence-corrected chi connectivity index (χ2v) is 7.60. The Morgan fingerprint density at radius 2 is 1.83 bits per heavy atom. The summed E-state index contributed by atoms with van der Waals surface area (Å²) in [4.78, 5) is 32.8. The van der Waals surface area contributed by atoms with Crippen LogP contribution in [-0.2, 0) is 19.1 Å². The van der Waals surface area contributed by atoms with Crippen molar-refractivity contribution < 1.29 is 19.1 Å². The van der Waals surface area contributed by atoms with E-state index in [1.807, 2.05) is 41.8 Å². The summed E-state index contributed by atoms with van der Waals surface area (Å²) in [5.74, 6) is -2.71. The molecule has 8 heteroatoms. The number of carbonyl (C=O) groups is 2. The molecule has 7 nitrogen and oxygen atoms in total. The number of anilines is 1. The third-order valence-corrected chi connectivity index (χ3v) is 4.96. The molecule has 3 heterocycles. The van der Waals surface area contributed by atoms with Gasteiger partial charge in [-0.2, -0.15) is 0 Å². The predicted octanol–water partition coefficient (Wildman–Crippen LogP) is 4.00. The summed E-state index contributed by atoms with van der Waals surface area (Å²) in [5.41, 5.74) is 3.18. The fraction of sp³-hybridized carbons (Fsp3) is 0.143. The van der Waals surface area contributed by atoms with E-state index < -0.39 is 17.7 Å². The SMILES string of the molecule is CC1(C)OC(=O)C(=CNc2cccc(-c3csc(-c4cccnc4)n3)c2)C(=O)O1. The van der Waals surface area contributed by atoms with Crippen LogP contribution in [0.15, 0.2) is 65.9 Å². The van der Waals surface area contributed by atoms with E-state index in [2.05, 4.69) is 15.3 Å². The van der Waals surface area contributed by atoms with Gasteiger partial charge in [0, 0.05) is 54.6 Å². The summed E-state index contributed by atoms with van der Waals surface area (Å²) in [5, 5.41) is 5.80. The first-order valence-electron chi connectivity index (χ1n) is 8.81. The molecule has 0 atom stereocenters. The highest BCUT2D eigenvalue weighted by Crippen LogP contribution is 2.30. The van der Waals surface area contributed by atoms with E-state index in [-0.39, 0.29) is 5.57 Å². The Kier molecular flexibility index (Phi) is 4.85. The number of nitrogens with one attached hydrogen (secondary N) is 1. The molecule has 0 bridgehead atoms. The Morgan fingerprint density at radius 3 is 2.55 bits per heavy atom. The first-order valence-corrected chi connectivity index (χ1v) is 9.69. The number of hydrogen-bond donors (Lipinski definition) is 1. The van der Waals surface area contributed by atoms with E-state index in [0.717, 1.165) is 21.8 Å². The molecule has 4 rings (SSSR count). The van der Waals surface area contributed by atoms with E-state index >= 15 is 0 Å². The van der Waals surface area contributed by atoms with Crippen molar-refractivity contribution in [3.05, 3.63) is 65.9 Å². The molecule has 0 amide bonds. The van der Waals surface area contributed by atoms with Gasteiger partial charge in [-0.25, -0.2) is 14.6 Å². The average molecular weight is 407 g/mol. The van der Waals surface area contributed by atoms with Crippen molar-refractivity contribution in [2.24, 2.45) is 0 Å². The molecule has 0 saturated carbocycles. The normalized spacial score (nSPS) is 15.4. The molecule has 2 aromatic heterocycles. The first kappa shape index (κ1) is 18.8. The van der Waals surface area contributed by atoms with Crippen LogP contribution in [0.3, 0.4) is 0 Å². The smallest absolute Gasteiger partial charge is 0.350 e. The van der Waals surface area contributed by atoms with Gasteiger partial charge in [-0.1, -0.05) is 12.1 Å². The lowest BCUT2D eigenvalue weighted by Crippen LogP contribution is -2.42. The largest absolute Gasteiger partial charge is 0.419 e. The van der Waals surface area contributed by atoms with Gasteiger partial charge in [-0.05, 0) is 24.3 Å². The highest BCUT2D eigenvalue weighted by molar-refractivity contribution is 7.13. The van der Waals surface area contributed by atoms with Gasteiger partial charge in [-0.15, -0.1) is 11.3 Å². The van der Waals surface area contributed by atoms with E-state index in [4.69, 9.17) is 9.47 Å². The molecule has 0 aliphatic carbocycles. The molecule has 1 aliphatic heterocycles. The van der Waals surface area contributed by atoms with Crippen molar-refractivity contribution in [2.75, 3.05) is 5.32 Å². The second kappa shape index (κ2) is 7.48. The summed E-state index contributed by atoms with van der Waals surface area (Å²) in [7, 11) is 0. The number of rotatable bonds is 4. The monoisotopic (exact) mass is 407 g/mol. The van der Waals surface area contributed by atoms with E-state index in [1.165, 1.54) is 31.4 Å². The zero-order chi connectivity index (χ0) is 20.4. The topological polar surface area (TPSA) is 90.4 Å². The molecule has 3 aromatic rings. The maximum Gasteiger partial charge on any atom is 0.350 e. The van der Waals surface area contributed by atoms with Crippen molar-refractivity contribution >= 4 is 29.0 Å². The first-order chi connectivity index (χ1) is 13.9. The predicted molar refractivity (Wildman–Crippen MR) is 109 cm³/mol. The fourth-order valence-corrected chi connectivity index (χ4v) is 3.55. The van der Waals surface area contributed by atoms with Crippen LogP contribution >= 0.6 is 11.3 Å². The van der Waals surface area contributed by atoms with Crippen molar-refractivity contribution in [1.29, 1.82) is 0 Å². The Labute approximate surface area is 171 Å². The minimum atomic E-state index is -1.26. The number of cyclic esters (lactones) is 2. The average Bonchev–Trinajstić information content (AvgIpc) is 3.18. The van der Waals surface area contributed by atoms with Gasteiger partial charge >= 0.3 is 11.9 Å². The fourth-order valence-electron chi connectivity index (χ4n) is 2.73. The molecule has 0 radical (unpaired) electrons. The van der Waals surface area contributed by atoms with E-state index in [9.17, 15) is 9.59 Å². The van der Waals surface area contributed by atoms with Gasteiger partial charge in [0.15, 0.2) is 5.57 Å². The van der Waals surface area contributed by atoms with Crippen molar-refractivity contribution in [1.82, 2.24) is 9.97 Å². The minimum absolute atomic E-state index is 0.192. The summed E-state index contributed by atoms with van der Waals surface area (Å²) in [6, 6.07) is 11.3. The number of pyridine rings is 1. The number of hydrogen-bond acceptors (Lipinski definition) is 8. The zero-order valence-corrected chi connectivity index (χ0v) is 16.5. The number of ether oxygens (including phenoxy) is 2. The number of carbonyl (C=O) groups excluding carboxylic acids is 2. The lowest BCUT2D eigenvalue weighted by atomic mass is 10.1. The van der Waals surface area contributed by atoms with E-state index in [0.29, 0.717) is 5.69 Å². The Bertz CT molecular complexity index is 1080. The minimum Gasteiger partial charge on any atom is -0.419 e. The molecule has 1 aromatic carbocycles. The van der Waals surface area contributed by atoms with Crippen LogP contribution in [0.25, 0.3) is 21.8 Å². The molecule has 1 N–H and O–H groups in total. The van der Waals surface area contributed by atoms with Crippen molar-refractivity contribution in [3.8, 4) is 21.8 Å². The quantitative estimate of drug-likeness (QED) is 0.397. The Balaban J connectivity index is 1.54. The third-order valence-electron chi connectivity index (χ3n) is 4.07. The van der Waals surface area contributed by atoms with Crippen LogP contribution in [0.4, 0.5) is 5.69 Å². The van der Waals surface area contributed by atoms with Gasteiger partial charge < -0.3 is 14.8 Å². The Hall–Kier alpha value is -3.52. The zero-order valence-electron chi connectivity index (χ0n) is 15.7. The summed E-state index contributed by atoms with van der Waals surface area (Å²) >= 11 is 1.53. The second-order valence-electron chi connectivity index (χ2n) is 6.74. The molecule has 29 heavy (non-hydrogen) atoms. The number of esters is 2. The van der Waals surface area contributed by atoms with Crippen LogP contribution in [0.2, 0.25) is 0 Å². The standard InChI is InChI=1S/C21H17N3O4S/c1-21(2)27-19(25)16(20(26)28-21)11-23-15-7-3-5-13(9-15)17-12-29-18(24-17)14-6-4-8-22-10-14/h3-12,23H,1-2H3. The van der Waals surface area contributed by atoms with Gasteiger partial charge in [0.2, 0.25) is 0 Å². The lowest BCUT2D eigenvalue weighted by molar-refractivity contribution is -0.222. The van der Waals surface area contributed by atoms with Gasteiger partial charge in [0.25, 0.3) is 5.79 Å². The highest BCUT2D eigenvalue weighted by atomic mass is 32.1. The summed E-state index contributed by atoms with van der Waals surface area (Å²) in [6.45, 7) is 3.01. The molecular weight excluding hydrogens is 390 g/mol. The maximum atomic E-state index is 12.0. The van der Waals surface area contributed by atoms with Crippen molar-refractivity contribution in [3.63, 3.8) is 0 Å². The molecular formula is C21H17N3O4S. The molecule has 1 saturated heterocycles. The van der Waals surface area contributed by atoms with Gasteiger partial charge in [0.05, 0.1) is 5.69 Å². The molecule has 1 aliphatic rings. The van der Waals surface area contributed by atoms with Crippen molar-refractivity contribution in [2.45, 2.75) is 19.6 Å². The van der Waals surface area contributed by atoms with Crippen LogP contribution < -0.4 is 5.32 Å². The molecule has 1 fully saturated rings. The summed E-state index contributed by atoms with van der Waals surface area (Å²) in [6.07, 6.45) is 4.79. The highest BCUT2D eigenvalue weighted by Gasteiger charge is 2.38. The molecule has 146 valence electrons. The third kappa shape index (κ3) is 4.17. The number of benzene rings is 1. The number of nitrogens with zero attached hydrogens (tertiary/aromatic N) is 2. The number of thiazole rings is 1. The lowest BCUT2D eigenvalue weighted by Gasteiger charge is -2.29. The number of aromatic nitrogens is 2. The van der Waals surface area contributed by atoms with Crippen LogP contribution in [0.5, 0.6) is 0 Å². The molecule has 0 spiro atoms. The van der Waals surface area contributed by atoms with Crippen LogP contribution in [0, 0.1) is 0 Å². The van der Waals surface area contributed by atoms with Gasteiger partial charge in [-0.3, -0.25) is 4.98 Å². The van der Waals surface area contributed by atoms with Gasteiger partial charge in [0.1, 0.15) is 5.01 Å². The van der Waals surface area contributed by atoms with E-state index in [1.54, 1.807) is 12.4 Å². The van der Waals surface area contributed by atoms with Crippen LogP contribution in [-0.4, -0.2) is 27.7 Å². The molecule has 0 unspecified atom stereocenters.